The Bertz CT molecular complexity index is 1050. The van der Waals surface area contributed by atoms with Gasteiger partial charge in [-0.05, 0) is 24.6 Å². The molecule has 0 atom stereocenters. The van der Waals surface area contributed by atoms with Crippen LogP contribution in [0.1, 0.15) is 44.5 Å². The van der Waals surface area contributed by atoms with Crippen molar-refractivity contribution < 1.29 is 9.59 Å². The van der Waals surface area contributed by atoms with Gasteiger partial charge in [0.15, 0.2) is 0 Å². The molecule has 0 bridgehead atoms. The van der Waals surface area contributed by atoms with Crippen LogP contribution in [0.2, 0.25) is 0 Å². The molecule has 0 unspecified atom stereocenters. The van der Waals surface area contributed by atoms with E-state index in [-0.39, 0.29) is 23.8 Å². The van der Waals surface area contributed by atoms with Crippen LogP contribution in [0, 0.1) is 6.92 Å². The molecule has 31 heavy (non-hydrogen) atoms. The molecule has 0 saturated carbocycles. The van der Waals surface area contributed by atoms with Crippen LogP contribution in [-0.4, -0.2) is 33.0 Å². The predicted octanol–water partition coefficient (Wildman–Crippen LogP) is 4.47. The van der Waals surface area contributed by atoms with Gasteiger partial charge in [-0.1, -0.05) is 68.8 Å². The minimum Gasteiger partial charge on any atom is -0.329 e. The zero-order chi connectivity index (χ0) is 22.6. The van der Waals surface area contributed by atoms with E-state index < -0.39 is 0 Å². The minimum absolute atomic E-state index is 0.0336. The molecule has 0 saturated heterocycles. The molecule has 0 aliphatic rings. The highest BCUT2D eigenvalue weighted by Gasteiger charge is 2.22. The standard InChI is InChI=1S/C25H30N4O2/c1-18-11-13-21(14-12-18)29-23(15-22(27-29)25(3,4)5)26-24(31)17-28(19(2)30)16-20-9-7-6-8-10-20/h6-15H,16-17H2,1-5H3,(H,26,31). The summed E-state index contributed by atoms with van der Waals surface area (Å²) in [6.07, 6.45) is 0. The van der Waals surface area contributed by atoms with Crippen LogP contribution in [0.4, 0.5) is 5.82 Å². The SMILES string of the molecule is CC(=O)N(CC(=O)Nc1cc(C(C)(C)C)nn1-c1ccc(C)cc1)Cc1ccccc1. The van der Waals surface area contributed by atoms with Crippen LogP contribution in [0.5, 0.6) is 0 Å². The molecule has 2 amide bonds. The van der Waals surface area contributed by atoms with E-state index in [0.717, 1.165) is 22.5 Å². The van der Waals surface area contributed by atoms with E-state index in [4.69, 9.17) is 5.10 Å². The Hall–Kier alpha value is -3.41. The highest BCUT2D eigenvalue weighted by molar-refractivity contribution is 5.94. The highest BCUT2D eigenvalue weighted by atomic mass is 16.2. The summed E-state index contributed by atoms with van der Waals surface area (Å²) >= 11 is 0. The normalized spacial score (nSPS) is 11.3. The number of amides is 2. The Balaban J connectivity index is 1.83. The first kappa shape index (κ1) is 22.3. The molecule has 0 radical (unpaired) electrons. The lowest BCUT2D eigenvalue weighted by Gasteiger charge is -2.20. The van der Waals surface area contributed by atoms with Gasteiger partial charge in [0.25, 0.3) is 0 Å². The number of benzene rings is 2. The number of nitrogens with zero attached hydrogens (tertiary/aromatic N) is 3. The summed E-state index contributed by atoms with van der Waals surface area (Å²) in [5.74, 6) is 0.170. The lowest BCUT2D eigenvalue weighted by atomic mass is 9.92. The van der Waals surface area contributed by atoms with Crippen molar-refractivity contribution >= 4 is 17.6 Å². The van der Waals surface area contributed by atoms with Crippen molar-refractivity contribution in [2.75, 3.05) is 11.9 Å². The molecule has 0 spiro atoms. The quantitative estimate of drug-likeness (QED) is 0.642. The molecule has 6 heteroatoms. The Morgan fingerprint density at radius 2 is 1.68 bits per heavy atom. The summed E-state index contributed by atoms with van der Waals surface area (Å²) in [7, 11) is 0. The van der Waals surface area contributed by atoms with E-state index in [2.05, 4.69) is 26.1 Å². The van der Waals surface area contributed by atoms with Crippen molar-refractivity contribution in [3.8, 4) is 5.69 Å². The van der Waals surface area contributed by atoms with Gasteiger partial charge in [-0.3, -0.25) is 9.59 Å². The second kappa shape index (κ2) is 9.16. The summed E-state index contributed by atoms with van der Waals surface area (Å²) in [6, 6.07) is 19.5. The van der Waals surface area contributed by atoms with Gasteiger partial charge < -0.3 is 10.2 Å². The smallest absolute Gasteiger partial charge is 0.245 e. The number of hydrogen-bond donors (Lipinski definition) is 1. The van der Waals surface area contributed by atoms with Crippen LogP contribution in [0.25, 0.3) is 5.69 Å². The van der Waals surface area contributed by atoms with Crippen LogP contribution in [0.3, 0.4) is 0 Å². The number of aromatic nitrogens is 2. The average Bonchev–Trinajstić information content (AvgIpc) is 3.13. The zero-order valence-corrected chi connectivity index (χ0v) is 18.8. The first-order chi connectivity index (χ1) is 14.6. The summed E-state index contributed by atoms with van der Waals surface area (Å²) in [4.78, 5) is 26.5. The Labute approximate surface area is 183 Å². The number of hydrogen-bond acceptors (Lipinski definition) is 3. The van der Waals surface area contributed by atoms with Crippen LogP contribution in [-0.2, 0) is 21.5 Å². The largest absolute Gasteiger partial charge is 0.329 e. The van der Waals surface area contributed by atoms with E-state index in [9.17, 15) is 9.59 Å². The van der Waals surface area contributed by atoms with Gasteiger partial charge >= 0.3 is 0 Å². The van der Waals surface area contributed by atoms with Crippen LogP contribution >= 0.6 is 0 Å². The lowest BCUT2D eigenvalue weighted by Crippen LogP contribution is -2.36. The van der Waals surface area contributed by atoms with E-state index in [0.29, 0.717) is 12.4 Å². The van der Waals surface area contributed by atoms with Crippen molar-refractivity contribution in [1.82, 2.24) is 14.7 Å². The lowest BCUT2D eigenvalue weighted by molar-refractivity contribution is -0.133. The fraction of sp³-hybridized carbons (Fsp3) is 0.320. The fourth-order valence-corrected chi connectivity index (χ4v) is 3.16. The van der Waals surface area contributed by atoms with E-state index >= 15 is 0 Å². The topological polar surface area (TPSA) is 67.2 Å². The molecule has 1 N–H and O–H groups in total. The van der Waals surface area contributed by atoms with Crippen molar-refractivity contribution in [2.24, 2.45) is 0 Å². The summed E-state index contributed by atoms with van der Waals surface area (Å²) < 4.78 is 1.74. The van der Waals surface area contributed by atoms with Crippen molar-refractivity contribution in [3.63, 3.8) is 0 Å². The van der Waals surface area contributed by atoms with Gasteiger partial charge in [0.05, 0.1) is 11.4 Å². The summed E-state index contributed by atoms with van der Waals surface area (Å²) in [6.45, 7) is 10.1. The number of carbonyl (C=O) groups is 2. The first-order valence-electron chi connectivity index (χ1n) is 10.4. The molecular weight excluding hydrogens is 388 g/mol. The van der Waals surface area contributed by atoms with E-state index in [1.807, 2.05) is 67.6 Å². The maximum absolute atomic E-state index is 12.9. The Morgan fingerprint density at radius 3 is 2.26 bits per heavy atom. The van der Waals surface area contributed by atoms with Gasteiger partial charge in [0.2, 0.25) is 11.8 Å². The predicted molar refractivity (Wildman–Crippen MR) is 123 cm³/mol. The fourth-order valence-electron chi connectivity index (χ4n) is 3.16. The number of aryl methyl sites for hydroxylation is 1. The number of nitrogens with one attached hydrogen (secondary N) is 1. The molecule has 3 aromatic rings. The molecule has 3 rings (SSSR count). The average molecular weight is 419 g/mol. The van der Waals surface area contributed by atoms with E-state index in [1.165, 1.54) is 11.8 Å². The molecule has 1 heterocycles. The van der Waals surface area contributed by atoms with E-state index in [1.54, 1.807) is 4.68 Å². The number of carbonyl (C=O) groups excluding carboxylic acids is 2. The van der Waals surface area contributed by atoms with Gasteiger partial charge in [-0.25, -0.2) is 4.68 Å². The van der Waals surface area contributed by atoms with Gasteiger partial charge in [0.1, 0.15) is 12.4 Å². The molecular formula is C25H30N4O2. The third kappa shape index (κ3) is 5.81. The van der Waals surface area contributed by atoms with Gasteiger partial charge in [-0.2, -0.15) is 5.10 Å². The van der Waals surface area contributed by atoms with Crippen molar-refractivity contribution in [3.05, 3.63) is 77.5 Å². The third-order valence-corrected chi connectivity index (χ3v) is 5.02. The van der Waals surface area contributed by atoms with Gasteiger partial charge in [-0.15, -0.1) is 0 Å². The molecule has 0 aliphatic carbocycles. The Kier molecular flexibility index (Phi) is 6.59. The number of anilines is 1. The maximum atomic E-state index is 12.9. The molecule has 1 aromatic heterocycles. The second-order valence-corrected chi connectivity index (χ2v) is 8.82. The van der Waals surface area contributed by atoms with Crippen molar-refractivity contribution in [2.45, 2.75) is 46.6 Å². The minimum atomic E-state index is -0.264. The molecule has 162 valence electrons. The zero-order valence-electron chi connectivity index (χ0n) is 18.8. The second-order valence-electron chi connectivity index (χ2n) is 8.82. The third-order valence-electron chi connectivity index (χ3n) is 5.02. The molecule has 0 aliphatic heterocycles. The van der Waals surface area contributed by atoms with Gasteiger partial charge in [0, 0.05) is 24.9 Å². The Morgan fingerprint density at radius 1 is 1.03 bits per heavy atom. The molecule has 6 nitrogen and oxygen atoms in total. The highest BCUT2D eigenvalue weighted by Crippen LogP contribution is 2.26. The van der Waals surface area contributed by atoms with Crippen molar-refractivity contribution in [1.29, 1.82) is 0 Å². The number of rotatable bonds is 6. The molecule has 2 aromatic carbocycles. The van der Waals surface area contributed by atoms with Crippen LogP contribution in [0.15, 0.2) is 60.7 Å². The first-order valence-corrected chi connectivity index (χ1v) is 10.4. The summed E-state index contributed by atoms with van der Waals surface area (Å²) in [5, 5.41) is 7.69. The maximum Gasteiger partial charge on any atom is 0.245 e. The monoisotopic (exact) mass is 418 g/mol. The molecule has 0 fully saturated rings. The summed E-state index contributed by atoms with van der Waals surface area (Å²) in [5.41, 5.74) is 3.69. The van der Waals surface area contributed by atoms with Crippen LogP contribution < -0.4 is 5.32 Å².